The largest absolute Gasteiger partial charge is 0.508 e. The van der Waals surface area contributed by atoms with E-state index in [1.165, 1.54) is 41.5 Å². The van der Waals surface area contributed by atoms with Crippen molar-refractivity contribution in [2.24, 2.45) is 0 Å². The fraction of sp³-hybridized carbons (Fsp3) is 0.440. The number of phenolic OH excluding ortho intramolecular Hbond substituents is 1. The Labute approximate surface area is 169 Å². The average Bonchev–Trinajstić information content (AvgIpc) is 2.74. The Hall–Kier alpha value is -2.26. The van der Waals surface area contributed by atoms with Crippen LogP contribution >= 0.6 is 0 Å². The first kappa shape index (κ1) is 20.5. The Morgan fingerprint density at radius 1 is 0.893 bits per heavy atom. The summed E-state index contributed by atoms with van der Waals surface area (Å²) in [6.07, 6.45) is 5.78. The number of ether oxygens (including phenoxy) is 1. The number of phenols is 1. The monoisotopic (exact) mass is 379 g/mol. The van der Waals surface area contributed by atoms with Gasteiger partial charge in [0, 0.05) is 12.1 Å². The van der Waals surface area contributed by atoms with Gasteiger partial charge in [0.05, 0.1) is 7.11 Å². The molecular formula is C25H33NO2. The van der Waals surface area contributed by atoms with E-state index in [0.717, 1.165) is 43.8 Å². The Morgan fingerprint density at radius 2 is 1.50 bits per heavy atom. The van der Waals surface area contributed by atoms with Crippen LogP contribution in [0.2, 0.25) is 0 Å². The summed E-state index contributed by atoms with van der Waals surface area (Å²) >= 11 is 0. The van der Waals surface area contributed by atoms with Gasteiger partial charge in [-0.1, -0.05) is 38.5 Å². The Balaban J connectivity index is 1.95. The third-order valence-electron chi connectivity index (χ3n) is 5.78. The summed E-state index contributed by atoms with van der Waals surface area (Å²) in [5, 5.41) is 10.4. The lowest BCUT2D eigenvalue weighted by molar-refractivity contribution is 0.218. The number of methoxy groups -OCH3 is 1. The van der Waals surface area contributed by atoms with Crippen molar-refractivity contribution in [1.82, 2.24) is 4.90 Å². The van der Waals surface area contributed by atoms with Crippen molar-refractivity contribution in [1.29, 1.82) is 0 Å². The van der Waals surface area contributed by atoms with Gasteiger partial charge in [0.25, 0.3) is 0 Å². The molecule has 150 valence electrons. The maximum Gasteiger partial charge on any atom is 0.120 e. The first-order valence-electron chi connectivity index (χ1n) is 10.6. The molecule has 28 heavy (non-hydrogen) atoms. The van der Waals surface area contributed by atoms with Crippen LogP contribution in [0.15, 0.2) is 42.5 Å². The van der Waals surface area contributed by atoms with Crippen molar-refractivity contribution < 1.29 is 9.84 Å². The predicted molar refractivity (Wildman–Crippen MR) is 118 cm³/mol. The molecule has 0 bridgehead atoms. The third kappa shape index (κ3) is 4.77. The van der Waals surface area contributed by atoms with E-state index in [1.807, 2.05) is 18.2 Å². The highest BCUT2D eigenvalue weighted by Gasteiger charge is 2.15. The molecule has 3 rings (SSSR count). The zero-order valence-corrected chi connectivity index (χ0v) is 17.5. The third-order valence-corrected chi connectivity index (χ3v) is 5.78. The van der Waals surface area contributed by atoms with E-state index in [1.54, 1.807) is 7.11 Å². The number of rotatable bonds is 7. The minimum atomic E-state index is 0.410. The standard InChI is InChI=1S/C25H33NO2/c1-4-23(19-9-12-22(28-3)13-10-19)24(5-2)20-11-14-25(27)21(17-20)18-26-15-7-6-8-16-26/h9-14,17,27H,4-8,15-16,18H2,1-3H3/b24-23-. The number of likely N-dealkylation sites (tertiary alicyclic amines) is 1. The van der Waals surface area contributed by atoms with Gasteiger partial charge in [0.1, 0.15) is 11.5 Å². The van der Waals surface area contributed by atoms with Crippen molar-refractivity contribution >= 4 is 11.1 Å². The van der Waals surface area contributed by atoms with Gasteiger partial charge < -0.3 is 9.84 Å². The summed E-state index contributed by atoms with van der Waals surface area (Å²) in [7, 11) is 1.70. The van der Waals surface area contributed by atoms with Crippen LogP contribution < -0.4 is 4.74 Å². The van der Waals surface area contributed by atoms with Crippen LogP contribution in [0.4, 0.5) is 0 Å². The first-order valence-corrected chi connectivity index (χ1v) is 10.6. The topological polar surface area (TPSA) is 32.7 Å². The minimum absolute atomic E-state index is 0.410. The fourth-order valence-corrected chi connectivity index (χ4v) is 4.23. The number of aromatic hydroxyl groups is 1. The Bertz CT molecular complexity index is 802. The molecule has 0 aromatic heterocycles. The highest BCUT2D eigenvalue weighted by molar-refractivity contribution is 5.91. The van der Waals surface area contributed by atoms with Crippen molar-refractivity contribution in [3.8, 4) is 11.5 Å². The van der Waals surface area contributed by atoms with Crippen LogP contribution in [0, 0.1) is 0 Å². The van der Waals surface area contributed by atoms with Gasteiger partial charge in [-0.25, -0.2) is 0 Å². The molecule has 1 heterocycles. The van der Waals surface area contributed by atoms with E-state index >= 15 is 0 Å². The number of hydrogen-bond donors (Lipinski definition) is 1. The second-order valence-electron chi connectivity index (χ2n) is 7.57. The van der Waals surface area contributed by atoms with Crippen LogP contribution in [0.5, 0.6) is 11.5 Å². The Morgan fingerprint density at radius 3 is 2.11 bits per heavy atom. The molecule has 0 spiro atoms. The molecule has 0 saturated carbocycles. The maximum absolute atomic E-state index is 10.4. The molecule has 2 aromatic carbocycles. The van der Waals surface area contributed by atoms with Gasteiger partial charge in [0.2, 0.25) is 0 Å². The summed E-state index contributed by atoms with van der Waals surface area (Å²) < 4.78 is 5.31. The van der Waals surface area contributed by atoms with E-state index in [9.17, 15) is 5.11 Å². The normalized spacial score (nSPS) is 16.0. The zero-order chi connectivity index (χ0) is 19.9. The molecule has 1 aliphatic heterocycles. The average molecular weight is 380 g/mol. The fourth-order valence-electron chi connectivity index (χ4n) is 4.23. The lowest BCUT2D eigenvalue weighted by atomic mass is 9.90. The van der Waals surface area contributed by atoms with E-state index in [-0.39, 0.29) is 0 Å². The van der Waals surface area contributed by atoms with E-state index in [0.29, 0.717) is 5.75 Å². The van der Waals surface area contributed by atoms with E-state index < -0.39 is 0 Å². The molecule has 1 aliphatic rings. The number of allylic oxidation sites excluding steroid dienone is 2. The molecule has 1 fully saturated rings. The molecule has 3 nitrogen and oxygen atoms in total. The molecule has 0 amide bonds. The molecule has 2 aromatic rings. The van der Waals surface area contributed by atoms with Gasteiger partial charge in [-0.05, 0) is 85.3 Å². The highest BCUT2D eigenvalue weighted by Crippen LogP contribution is 2.34. The van der Waals surface area contributed by atoms with Crippen molar-refractivity contribution in [2.75, 3.05) is 20.2 Å². The van der Waals surface area contributed by atoms with Crippen LogP contribution in [-0.2, 0) is 6.54 Å². The quantitative estimate of drug-likeness (QED) is 0.588. The summed E-state index contributed by atoms with van der Waals surface area (Å²) in [6, 6.07) is 14.5. The molecule has 0 unspecified atom stereocenters. The first-order chi connectivity index (χ1) is 13.7. The van der Waals surface area contributed by atoms with Crippen LogP contribution in [-0.4, -0.2) is 30.2 Å². The van der Waals surface area contributed by atoms with E-state index in [2.05, 4.69) is 43.0 Å². The molecular weight excluding hydrogens is 346 g/mol. The SMILES string of the molecule is CC/C(=C(\CC)c1ccc(O)c(CN2CCCCC2)c1)c1ccc(OC)cc1. The summed E-state index contributed by atoms with van der Waals surface area (Å²) in [5.41, 5.74) is 6.22. The molecule has 0 radical (unpaired) electrons. The number of nitrogens with zero attached hydrogens (tertiary/aromatic N) is 1. The zero-order valence-electron chi connectivity index (χ0n) is 17.5. The van der Waals surface area contributed by atoms with Gasteiger partial charge in [-0.2, -0.15) is 0 Å². The van der Waals surface area contributed by atoms with Gasteiger partial charge in [0.15, 0.2) is 0 Å². The summed E-state index contributed by atoms with van der Waals surface area (Å²) in [6.45, 7) is 7.52. The summed E-state index contributed by atoms with van der Waals surface area (Å²) in [4.78, 5) is 2.46. The summed E-state index contributed by atoms with van der Waals surface area (Å²) in [5.74, 6) is 1.29. The van der Waals surface area contributed by atoms with Crippen molar-refractivity contribution in [2.45, 2.75) is 52.5 Å². The van der Waals surface area contributed by atoms with Gasteiger partial charge in [-0.3, -0.25) is 4.90 Å². The Kier molecular flexibility index (Phi) is 7.16. The molecule has 3 heteroatoms. The predicted octanol–water partition coefficient (Wildman–Crippen LogP) is 6.12. The maximum atomic E-state index is 10.4. The highest BCUT2D eigenvalue weighted by atomic mass is 16.5. The number of benzene rings is 2. The van der Waals surface area contributed by atoms with Crippen LogP contribution in [0.3, 0.4) is 0 Å². The lowest BCUT2D eigenvalue weighted by Crippen LogP contribution is -2.29. The van der Waals surface area contributed by atoms with Crippen molar-refractivity contribution in [3.63, 3.8) is 0 Å². The van der Waals surface area contributed by atoms with Crippen LogP contribution in [0.1, 0.15) is 62.6 Å². The minimum Gasteiger partial charge on any atom is -0.508 e. The van der Waals surface area contributed by atoms with E-state index in [4.69, 9.17) is 4.74 Å². The molecule has 0 aliphatic carbocycles. The number of hydrogen-bond acceptors (Lipinski definition) is 3. The smallest absolute Gasteiger partial charge is 0.120 e. The molecule has 1 N–H and O–H groups in total. The second-order valence-corrected chi connectivity index (χ2v) is 7.57. The van der Waals surface area contributed by atoms with Crippen molar-refractivity contribution in [3.05, 3.63) is 59.2 Å². The lowest BCUT2D eigenvalue weighted by Gasteiger charge is -2.27. The van der Waals surface area contributed by atoms with Crippen LogP contribution in [0.25, 0.3) is 11.1 Å². The second kappa shape index (κ2) is 9.79. The van der Waals surface area contributed by atoms with Gasteiger partial charge in [-0.15, -0.1) is 0 Å². The molecule has 1 saturated heterocycles. The molecule has 0 atom stereocenters. The number of piperidine rings is 1. The van der Waals surface area contributed by atoms with Gasteiger partial charge >= 0.3 is 0 Å².